The van der Waals surface area contributed by atoms with Gasteiger partial charge in [0.25, 0.3) is 0 Å². The van der Waals surface area contributed by atoms with Crippen LogP contribution in [0.25, 0.3) is 0 Å². The number of guanidine groups is 1. The Morgan fingerprint density at radius 3 is 2.68 bits per heavy atom. The Balaban J connectivity index is 2.20. The Kier molecular flexibility index (Phi) is 7.66. The van der Waals surface area contributed by atoms with Crippen LogP contribution in [-0.4, -0.2) is 51.3 Å². The summed E-state index contributed by atoms with van der Waals surface area (Å²) in [7, 11) is 2.05. The molecule has 0 aliphatic carbocycles. The summed E-state index contributed by atoms with van der Waals surface area (Å²) in [6.45, 7) is 15.0. The van der Waals surface area contributed by atoms with Gasteiger partial charge in [-0.05, 0) is 25.7 Å². The van der Waals surface area contributed by atoms with Crippen molar-refractivity contribution in [3.63, 3.8) is 0 Å². The van der Waals surface area contributed by atoms with Crippen molar-refractivity contribution in [1.29, 1.82) is 0 Å². The maximum atomic E-state index is 5.00. The van der Waals surface area contributed by atoms with Gasteiger partial charge in [0.1, 0.15) is 0 Å². The van der Waals surface area contributed by atoms with E-state index in [0.717, 1.165) is 45.0 Å². The minimum absolute atomic E-state index is 0.688. The lowest BCUT2D eigenvalue weighted by molar-refractivity contribution is 0.381. The molecule has 25 heavy (non-hydrogen) atoms. The fraction of sp³-hybridized carbons (Fsp3) is 0.789. The number of aromatic nitrogens is 2. The predicted molar refractivity (Wildman–Crippen MR) is 109 cm³/mol. The zero-order valence-electron chi connectivity index (χ0n) is 16.8. The zero-order chi connectivity index (χ0) is 18.4. The normalized spacial score (nSPS) is 18.9. The van der Waals surface area contributed by atoms with Gasteiger partial charge in [0.15, 0.2) is 5.96 Å². The van der Waals surface area contributed by atoms with Crippen LogP contribution in [0.5, 0.6) is 0 Å². The summed E-state index contributed by atoms with van der Waals surface area (Å²) >= 11 is 2.10. The molecule has 1 atom stereocenters. The Hall–Kier alpha value is -1.17. The molecule has 0 aromatic carbocycles. The minimum Gasteiger partial charge on any atom is -0.357 e. The van der Waals surface area contributed by atoms with Crippen LogP contribution in [0, 0.1) is 5.92 Å². The van der Waals surface area contributed by atoms with Crippen molar-refractivity contribution in [2.45, 2.75) is 59.3 Å². The Morgan fingerprint density at radius 2 is 2.08 bits per heavy atom. The first-order valence-corrected chi connectivity index (χ1v) is 10.7. The molecule has 1 saturated heterocycles. The molecular formula is C19H35N5S. The molecule has 1 aromatic heterocycles. The minimum atomic E-state index is 0.688. The summed E-state index contributed by atoms with van der Waals surface area (Å²) < 4.78 is 2.03. The van der Waals surface area contributed by atoms with Crippen LogP contribution in [0.1, 0.15) is 51.6 Å². The van der Waals surface area contributed by atoms with Crippen LogP contribution in [0.15, 0.2) is 4.99 Å². The third-order valence-corrected chi connectivity index (χ3v) is 6.43. The Bertz CT molecular complexity index is 579. The van der Waals surface area contributed by atoms with Gasteiger partial charge in [0, 0.05) is 48.9 Å². The molecule has 0 radical (unpaired) electrons. The monoisotopic (exact) mass is 365 g/mol. The lowest BCUT2D eigenvalue weighted by Gasteiger charge is -2.36. The summed E-state index contributed by atoms with van der Waals surface area (Å²) in [5.41, 5.74) is 3.81. The smallest absolute Gasteiger partial charge is 0.194 e. The lowest BCUT2D eigenvalue weighted by atomic mass is 10.1. The number of thioether (sulfide) groups is 1. The first-order valence-electron chi connectivity index (χ1n) is 9.70. The average Bonchev–Trinajstić information content (AvgIpc) is 2.93. The van der Waals surface area contributed by atoms with Gasteiger partial charge in [-0.2, -0.15) is 16.9 Å². The predicted octanol–water partition coefficient (Wildman–Crippen LogP) is 3.08. The Morgan fingerprint density at radius 1 is 1.32 bits per heavy atom. The van der Waals surface area contributed by atoms with E-state index in [1.54, 1.807) is 0 Å². The van der Waals surface area contributed by atoms with Gasteiger partial charge in [0.05, 0.1) is 12.2 Å². The van der Waals surface area contributed by atoms with Crippen molar-refractivity contribution in [2.24, 2.45) is 18.0 Å². The van der Waals surface area contributed by atoms with E-state index in [-0.39, 0.29) is 0 Å². The molecule has 5 nitrogen and oxygen atoms in total. The summed E-state index contributed by atoms with van der Waals surface area (Å²) in [4.78, 5) is 7.44. The van der Waals surface area contributed by atoms with Crippen LogP contribution < -0.4 is 5.32 Å². The van der Waals surface area contributed by atoms with Crippen molar-refractivity contribution in [1.82, 2.24) is 20.0 Å². The van der Waals surface area contributed by atoms with Crippen LogP contribution in [-0.2, 0) is 26.4 Å². The molecule has 6 heteroatoms. The van der Waals surface area contributed by atoms with Crippen molar-refractivity contribution in [3.05, 3.63) is 17.0 Å². The van der Waals surface area contributed by atoms with E-state index in [1.807, 2.05) is 11.7 Å². The highest BCUT2D eigenvalue weighted by atomic mass is 32.2. The van der Waals surface area contributed by atoms with E-state index in [0.29, 0.717) is 11.2 Å². The maximum absolute atomic E-state index is 5.00. The molecule has 1 aliphatic rings. The fourth-order valence-corrected chi connectivity index (χ4v) is 4.72. The largest absolute Gasteiger partial charge is 0.357 e. The number of hydrogen-bond donors (Lipinski definition) is 1. The number of rotatable bonds is 6. The number of aliphatic imine (C=N–C) groups is 1. The summed E-state index contributed by atoms with van der Waals surface area (Å²) in [6, 6.07) is 0. The number of hydrogen-bond acceptors (Lipinski definition) is 3. The van der Waals surface area contributed by atoms with Gasteiger partial charge >= 0.3 is 0 Å². The second-order valence-corrected chi connectivity index (χ2v) is 8.32. The quantitative estimate of drug-likeness (QED) is 0.622. The molecule has 1 aromatic rings. The maximum Gasteiger partial charge on any atom is 0.194 e. The highest BCUT2D eigenvalue weighted by molar-refractivity contribution is 8.00. The second-order valence-electron chi connectivity index (χ2n) is 6.97. The van der Waals surface area contributed by atoms with E-state index >= 15 is 0 Å². The lowest BCUT2D eigenvalue weighted by Crippen LogP contribution is -2.49. The average molecular weight is 366 g/mol. The first-order chi connectivity index (χ1) is 12.0. The topological polar surface area (TPSA) is 45.5 Å². The molecular weight excluding hydrogens is 330 g/mol. The third kappa shape index (κ3) is 4.93. The third-order valence-electron chi connectivity index (χ3n) is 4.89. The number of aryl methyl sites for hydroxylation is 2. The molecule has 1 aliphatic heterocycles. The molecule has 0 amide bonds. The molecule has 1 fully saturated rings. The molecule has 2 heterocycles. The van der Waals surface area contributed by atoms with Gasteiger partial charge in [-0.3, -0.25) is 4.68 Å². The van der Waals surface area contributed by atoms with Crippen LogP contribution in [0.2, 0.25) is 0 Å². The molecule has 0 bridgehead atoms. The van der Waals surface area contributed by atoms with Gasteiger partial charge in [0.2, 0.25) is 0 Å². The summed E-state index contributed by atoms with van der Waals surface area (Å²) in [5, 5.41) is 8.87. The van der Waals surface area contributed by atoms with Crippen molar-refractivity contribution in [2.75, 3.05) is 25.4 Å². The van der Waals surface area contributed by atoms with E-state index in [4.69, 9.17) is 4.99 Å². The number of nitrogens with one attached hydrogen (secondary N) is 1. The second kappa shape index (κ2) is 9.51. The van der Waals surface area contributed by atoms with E-state index in [1.165, 1.54) is 22.7 Å². The molecule has 1 unspecified atom stereocenters. The van der Waals surface area contributed by atoms with Crippen molar-refractivity contribution in [3.8, 4) is 0 Å². The molecule has 1 N–H and O–H groups in total. The number of nitrogens with zero attached hydrogens (tertiary/aromatic N) is 4. The van der Waals surface area contributed by atoms with E-state index < -0.39 is 0 Å². The zero-order valence-corrected chi connectivity index (χ0v) is 17.6. The SMILES string of the molecule is CCNC(=NCc1c(CC)nn(C)c1CC)N1CCSC(C(C)C)C1. The first kappa shape index (κ1) is 20.1. The van der Waals surface area contributed by atoms with Crippen molar-refractivity contribution < 1.29 is 0 Å². The van der Waals surface area contributed by atoms with E-state index in [9.17, 15) is 0 Å². The summed E-state index contributed by atoms with van der Waals surface area (Å²) in [5.74, 6) is 2.94. The Labute approximate surface area is 157 Å². The fourth-order valence-electron chi connectivity index (χ4n) is 3.42. The highest BCUT2D eigenvalue weighted by Gasteiger charge is 2.25. The van der Waals surface area contributed by atoms with Crippen LogP contribution in [0.4, 0.5) is 0 Å². The molecule has 2 rings (SSSR count). The molecule has 0 saturated carbocycles. The van der Waals surface area contributed by atoms with Gasteiger partial charge in [-0.1, -0.05) is 27.7 Å². The van der Waals surface area contributed by atoms with Crippen LogP contribution in [0.3, 0.4) is 0 Å². The summed E-state index contributed by atoms with van der Waals surface area (Å²) in [6.07, 6.45) is 1.96. The van der Waals surface area contributed by atoms with Crippen molar-refractivity contribution >= 4 is 17.7 Å². The van der Waals surface area contributed by atoms with E-state index in [2.05, 4.69) is 61.7 Å². The van der Waals surface area contributed by atoms with Gasteiger partial charge in [-0.15, -0.1) is 0 Å². The van der Waals surface area contributed by atoms with Gasteiger partial charge in [-0.25, -0.2) is 4.99 Å². The molecule has 0 spiro atoms. The van der Waals surface area contributed by atoms with Gasteiger partial charge < -0.3 is 10.2 Å². The highest BCUT2D eigenvalue weighted by Crippen LogP contribution is 2.25. The standard InChI is InChI=1S/C19H35N5S/c1-7-16-15(17(8-2)23(6)22-16)12-21-19(20-9-3)24-10-11-25-18(13-24)14(4)5/h14,18H,7-13H2,1-6H3,(H,20,21). The molecule has 142 valence electrons. The van der Waals surface area contributed by atoms with Crippen LogP contribution >= 0.6 is 11.8 Å².